The largest absolute Gasteiger partial charge is 0.205 e. The Labute approximate surface area is 147 Å². The van der Waals surface area contributed by atoms with Crippen LogP contribution in [0.2, 0.25) is 10.0 Å². The van der Waals surface area contributed by atoms with Crippen LogP contribution in [-0.4, -0.2) is 0 Å². The summed E-state index contributed by atoms with van der Waals surface area (Å²) in [5.74, 6) is -1.67. The van der Waals surface area contributed by atoms with Crippen molar-refractivity contribution >= 4 is 55.5 Å². The van der Waals surface area contributed by atoms with Crippen molar-refractivity contribution in [1.29, 1.82) is 0 Å². The van der Waals surface area contributed by atoms with E-state index in [1.165, 1.54) is 0 Å². The van der Waals surface area contributed by atoms with Gasteiger partial charge in [-0.25, -0.2) is 8.78 Å². The van der Waals surface area contributed by atoms with Crippen molar-refractivity contribution in [2.45, 2.75) is 13.8 Å². The Balaban J connectivity index is 2.41. The smallest absolute Gasteiger partial charge is 0.164 e. The molecule has 4 aromatic carbocycles. The van der Waals surface area contributed by atoms with Gasteiger partial charge in [-0.2, -0.15) is 0 Å². The third-order valence-corrected chi connectivity index (χ3v) is 5.41. The highest BCUT2D eigenvalue weighted by Gasteiger charge is 2.23. The van der Waals surface area contributed by atoms with Crippen molar-refractivity contribution in [1.82, 2.24) is 0 Å². The second-order valence-corrected chi connectivity index (χ2v) is 6.72. The molecule has 0 N–H and O–H groups in total. The number of hydrogen-bond acceptors (Lipinski definition) is 0. The van der Waals surface area contributed by atoms with Crippen LogP contribution in [0.25, 0.3) is 32.3 Å². The van der Waals surface area contributed by atoms with E-state index in [2.05, 4.69) is 0 Å². The fourth-order valence-electron chi connectivity index (χ4n) is 3.58. The molecule has 0 saturated carbocycles. The number of fused-ring (bicyclic) bond motifs is 4. The van der Waals surface area contributed by atoms with Crippen molar-refractivity contribution in [3.63, 3.8) is 0 Å². The Morgan fingerprint density at radius 1 is 0.667 bits per heavy atom. The van der Waals surface area contributed by atoms with Gasteiger partial charge in [0.15, 0.2) is 11.6 Å². The fraction of sp³-hybridized carbons (Fsp3) is 0.100. The SMILES string of the molecule is Cc1c2ccc3ccccc3c2c(C)c2c(Cl)c(F)c(Cl)c(F)c12. The molecule has 120 valence electrons. The van der Waals surface area contributed by atoms with E-state index in [1.54, 1.807) is 0 Å². The molecule has 0 nitrogen and oxygen atoms in total. The zero-order valence-corrected chi connectivity index (χ0v) is 14.5. The lowest BCUT2D eigenvalue weighted by Crippen LogP contribution is -1.97. The Kier molecular flexibility index (Phi) is 3.45. The molecule has 0 aliphatic heterocycles. The van der Waals surface area contributed by atoms with Crippen LogP contribution in [0, 0.1) is 25.5 Å². The predicted octanol–water partition coefficient (Wildman–Crippen LogP) is 7.35. The number of aryl methyl sites for hydroxylation is 2. The Morgan fingerprint density at radius 2 is 1.38 bits per heavy atom. The van der Waals surface area contributed by atoms with E-state index >= 15 is 0 Å². The minimum atomic E-state index is -0.912. The summed E-state index contributed by atoms with van der Waals surface area (Å²) in [4.78, 5) is 0. The molecular formula is C20H12Cl2F2. The number of benzene rings is 4. The van der Waals surface area contributed by atoms with E-state index in [4.69, 9.17) is 23.2 Å². The summed E-state index contributed by atoms with van der Waals surface area (Å²) in [7, 11) is 0. The first-order valence-electron chi connectivity index (χ1n) is 7.49. The molecule has 0 saturated heterocycles. The van der Waals surface area contributed by atoms with Crippen LogP contribution in [-0.2, 0) is 0 Å². The van der Waals surface area contributed by atoms with Crippen LogP contribution < -0.4 is 0 Å². The van der Waals surface area contributed by atoms with Gasteiger partial charge in [-0.15, -0.1) is 0 Å². The lowest BCUT2D eigenvalue weighted by atomic mass is 9.89. The first-order chi connectivity index (χ1) is 11.4. The maximum absolute atomic E-state index is 14.7. The summed E-state index contributed by atoms with van der Waals surface area (Å²) in [6.45, 7) is 3.65. The molecule has 0 aliphatic carbocycles. The number of rotatable bonds is 0. The minimum absolute atomic E-state index is 0.133. The summed E-state index contributed by atoms with van der Waals surface area (Å²) in [6.07, 6.45) is 0. The van der Waals surface area contributed by atoms with Crippen LogP contribution in [0.4, 0.5) is 8.78 Å². The number of hydrogen-bond donors (Lipinski definition) is 0. The monoisotopic (exact) mass is 360 g/mol. The molecule has 4 rings (SSSR count). The molecule has 4 heteroatoms. The van der Waals surface area contributed by atoms with Gasteiger partial charge in [-0.1, -0.05) is 59.6 Å². The third kappa shape index (κ3) is 1.90. The topological polar surface area (TPSA) is 0 Å². The molecule has 0 fully saturated rings. The van der Waals surface area contributed by atoms with Gasteiger partial charge in [0.25, 0.3) is 0 Å². The minimum Gasteiger partial charge on any atom is -0.205 e. The standard InChI is InChI=1S/C20H12Cl2F2/c1-9-12-8-7-11-5-3-4-6-13(11)14(12)10(2)15-16(9)19(23)18(22)20(24)17(15)21/h3-8H,1-2H3. The maximum Gasteiger partial charge on any atom is 0.164 e. The van der Waals surface area contributed by atoms with Gasteiger partial charge >= 0.3 is 0 Å². The lowest BCUT2D eigenvalue weighted by Gasteiger charge is -2.17. The van der Waals surface area contributed by atoms with Crippen molar-refractivity contribution in [3.8, 4) is 0 Å². The van der Waals surface area contributed by atoms with Gasteiger partial charge in [-0.3, -0.25) is 0 Å². The quantitative estimate of drug-likeness (QED) is 0.133. The summed E-state index contributed by atoms with van der Waals surface area (Å²) in [5.41, 5.74) is 1.46. The maximum atomic E-state index is 14.7. The Morgan fingerprint density at radius 3 is 2.12 bits per heavy atom. The van der Waals surface area contributed by atoms with Crippen LogP contribution in [0.3, 0.4) is 0 Å². The molecule has 24 heavy (non-hydrogen) atoms. The predicted molar refractivity (Wildman–Crippen MR) is 98.4 cm³/mol. The highest BCUT2D eigenvalue weighted by Crippen LogP contribution is 2.43. The van der Waals surface area contributed by atoms with E-state index in [1.807, 2.05) is 50.2 Å². The van der Waals surface area contributed by atoms with E-state index in [0.29, 0.717) is 10.9 Å². The molecule has 0 bridgehead atoms. The van der Waals surface area contributed by atoms with Gasteiger partial charge in [0, 0.05) is 10.8 Å². The van der Waals surface area contributed by atoms with E-state index < -0.39 is 16.7 Å². The summed E-state index contributed by atoms with van der Waals surface area (Å²) in [6, 6.07) is 11.9. The first kappa shape index (κ1) is 15.6. The molecular weight excluding hydrogens is 349 g/mol. The van der Waals surface area contributed by atoms with Crippen LogP contribution in [0.15, 0.2) is 36.4 Å². The molecule has 0 spiro atoms. The van der Waals surface area contributed by atoms with Gasteiger partial charge in [0.05, 0.1) is 5.02 Å². The second kappa shape index (κ2) is 5.30. The van der Waals surface area contributed by atoms with Crippen LogP contribution in [0.1, 0.15) is 11.1 Å². The number of halogens is 4. The van der Waals surface area contributed by atoms with E-state index in [9.17, 15) is 8.78 Å². The first-order valence-corrected chi connectivity index (χ1v) is 8.25. The van der Waals surface area contributed by atoms with Crippen molar-refractivity contribution in [2.24, 2.45) is 0 Å². The van der Waals surface area contributed by atoms with Crippen molar-refractivity contribution < 1.29 is 8.78 Å². The molecule has 4 aromatic rings. The van der Waals surface area contributed by atoms with E-state index in [0.717, 1.165) is 27.1 Å². The zero-order chi connectivity index (χ0) is 17.2. The van der Waals surface area contributed by atoms with Gasteiger partial charge < -0.3 is 0 Å². The van der Waals surface area contributed by atoms with Crippen molar-refractivity contribution in [3.05, 3.63) is 69.2 Å². The average Bonchev–Trinajstić information content (AvgIpc) is 2.60. The summed E-state index contributed by atoms with van der Waals surface area (Å²) >= 11 is 12.0. The Bertz CT molecular complexity index is 1160. The van der Waals surface area contributed by atoms with Crippen LogP contribution in [0.5, 0.6) is 0 Å². The normalized spacial score (nSPS) is 11.8. The molecule has 0 atom stereocenters. The third-order valence-electron chi connectivity index (χ3n) is 4.73. The van der Waals surface area contributed by atoms with Gasteiger partial charge in [-0.05, 0) is 46.5 Å². The molecule has 0 aromatic heterocycles. The fourth-order valence-corrected chi connectivity index (χ4v) is 4.15. The summed E-state index contributed by atoms with van der Waals surface area (Å²) in [5, 5.41) is 3.95. The van der Waals surface area contributed by atoms with Crippen LogP contribution >= 0.6 is 23.2 Å². The molecule has 0 unspecified atom stereocenters. The highest BCUT2D eigenvalue weighted by molar-refractivity contribution is 6.40. The molecule has 0 heterocycles. The van der Waals surface area contributed by atoms with Gasteiger partial charge in [0.2, 0.25) is 0 Å². The van der Waals surface area contributed by atoms with E-state index in [-0.39, 0.29) is 10.4 Å². The molecule has 0 amide bonds. The Hall–Kier alpha value is -1.90. The second-order valence-electron chi connectivity index (χ2n) is 5.97. The summed E-state index contributed by atoms with van der Waals surface area (Å²) < 4.78 is 28.9. The van der Waals surface area contributed by atoms with Gasteiger partial charge in [0.1, 0.15) is 5.02 Å². The molecule has 0 aliphatic rings. The van der Waals surface area contributed by atoms with Crippen molar-refractivity contribution in [2.75, 3.05) is 0 Å². The lowest BCUT2D eigenvalue weighted by molar-refractivity contribution is 0.593. The molecule has 0 radical (unpaired) electrons. The highest BCUT2D eigenvalue weighted by atomic mass is 35.5. The average molecular weight is 361 g/mol. The zero-order valence-electron chi connectivity index (χ0n) is 13.0.